The topological polar surface area (TPSA) is 124 Å². The number of allylic oxidation sites excluding steroid dienone is 3. The average Bonchev–Trinajstić information content (AvgIpc) is 3.39. The van der Waals surface area contributed by atoms with Gasteiger partial charge in [-0.05, 0) is 30.7 Å². The van der Waals surface area contributed by atoms with Crippen LogP contribution < -0.4 is 24.8 Å². The molecule has 1 atom stereocenters. The molecule has 1 fully saturated rings. The van der Waals surface area contributed by atoms with E-state index in [0.717, 1.165) is 10.0 Å². The number of nitrogens with zero attached hydrogens (tertiary/aromatic N) is 4. The van der Waals surface area contributed by atoms with E-state index >= 15 is 0 Å². The normalized spacial score (nSPS) is 21.2. The second-order valence-electron chi connectivity index (χ2n) is 11.2. The number of anilines is 1. The minimum atomic E-state index is -0.724. The second kappa shape index (κ2) is 11.3. The third-order valence-corrected chi connectivity index (χ3v) is 10.2. The summed E-state index contributed by atoms with van der Waals surface area (Å²) < 4.78 is 17.7. The Morgan fingerprint density at radius 3 is 2.38 bits per heavy atom. The molecule has 0 amide bonds. The fraction of sp³-hybridized carbons (Fsp3) is 0.517. The van der Waals surface area contributed by atoms with E-state index in [0.29, 0.717) is 51.6 Å². The first-order valence-electron chi connectivity index (χ1n) is 13.5. The van der Waals surface area contributed by atoms with E-state index in [2.05, 4.69) is 30.1 Å². The van der Waals surface area contributed by atoms with Crippen LogP contribution in [0.3, 0.4) is 0 Å². The summed E-state index contributed by atoms with van der Waals surface area (Å²) in [5, 5.41) is 20.6. The van der Waals surface area contributed by atoms with Crippen molar-refractivity contribution in [1.29, 1.82) is 5.26 Å². The number of benzene rings is 1. The molecule has 0 spiro atoms. The summed E-state index contributed by atoms with van der Waals surface area (Å²) in [7, 11) is 4.64. The van der Waals surface area contributed by atoms with Crippen molar-refractivity contribution in [3.8, 4) is 23.3 Å². The summed E-state index contributed by atoms with van der Waals surface area (Å²) in [6.07, 6.45) is 7.06. The van der Waals surface area contributed by atoms with Crippen LogP contribution in [-0.2, 0) is 4.79 Å². The van der Waals surface area contributed by atoms with Crippen molar-refractivity contribution in [3.05, 3.63) is 40.4 Å². The number of Topliss-reactive ketones (excluding diaryl/α,β-unsaturated/α-hetero) is 1. The lowest BCUT2D eigenvalue weighted by molar-refractivity contribution is -0.118. The van der Waals surface area contributed by atoms with Crippen LogP contribution >= 0.6 is 23.1 Å². The number of nitriles is 1. The van der Waals surface area contributed by atoms with Gasteiger partial charge < -0.3 is 19.9 Å². The van der Waals surface area contributed by atoms with Gasteiger partial charge in [0.2, 0.25) is 5.13 Å². The van der Waals surface area contributed by atoms with E-state index in [-0.39, 0.29) is 22.6 Å². The fourth-order valence-corrected chi connectivity index (χ4v) is 8.37. The van der Waals surface area contributed by atoms with E-state index in [9.17, 15) is 10.1 Å². The van der Waals surface area contributed by atoms with Crippen LogP contribution in [0.15, 0.2) is 39.1 Å². The highest BCUT2D eigenvalue weighted by Crippen LogP contribution is 2.53. The molecule has 40 heavy (non-hydrogen) atoms. The van der Waals surface area contributed by atoms with Crippen molar-refractivity contribution in [2.24, 2.45) is 11.1 Å². The number of ketones is 1. The van der Waals surface area contributed by atoms with Gasteiger partial charge in [0, 0.05) is 34.6 Å². The highest BCUT2D eigenvalue weighted by atomic mass is 32.2. The number of hydrogen-bond donors (Lipinski definition) is 1. The van der Waals surface area contributed by atoms with Gasteiger partial charge in [-0.3, -0.25) is 9.69 Å². The number of hydrogen-bond acceptors (Lipinski definition) is 11. The standard InChI is InChI=1S/C29H35N5O4S2/c1-29(2)13-19-25(20(35)14-29)24(17-11-22(37-4)23(38-5)12-21(17)36-3)18(15-30)26(31)34(19)27-32-33-28(40-27)39-16-9-7-6-8-10-16/h11-12,16,24H,6-10,13-14,31H2,1-5H3. The predicted molar refractivity (Wildman–Crippen MR) is 156 cm³/mol. The molecule has 212 valence electrons. The fourth-order valence-electron chi connectivity index (χ4n) is 5.98. The van der Waals surface area contributed by atoms with Crippen molar-refractivity contribution in [3.63, 3.8) is 0 Å². The second-order valence-corrected chi connectivity index (χ2v) is 13.7. The Labute approximate surface area is 243 Å². The Morgan fingerprint density at radius 2 is 1.73 bits per heavy atom. The van der Waals surface area contributed by atoms with Crippen molar-refractivity contribution < 1.29 is 19.0 Å². The summed E-state index contributed by atoms with van der Waals surface area (Å²) >= 11 is 3.23. The molecule has 0 saturated heterocycles. The van der Waals surface area contributed by atoms with Crippen LogP contribution in [-0.4, -0.2) is 42.6 Å². The number of ether oxygens (including phenoxy) is 3. The smallest absolute Gasteiger partial charge is 0.219 e. The van der Waals surface area contributed by atoms with Crippen molar-refractivity contribution in [1.82, 2.24) is 10.2 Å². The van der Waals surface area contributed by atoms with Crippen LogP contribution in [0.5, 0.6) is 17.2 Å². The molecule has 1 aromatic carbocycles. The lowest BCUT2D eigenvalue weighted by Gasteiger charge is -2.42. The zero-order valence-electron chi connectivity index (χ0n) is 23.6. The van der Waals surface area contributed by atoms with Gasteiger partial charge >= 0.3 is 0 Å². The first-order valence-corrected chi connectivity index (χ1v) is 15.2. The summed E-state index contributed by atoms with van der Waals surface area (Å²) in [4.78, 5) is 15.7. The molecule has 3 aliphatic rings. The van der Waals surface area contributed by atoms with Crippen LogP contribution in [0.25, 0.3) is 0 Å². The lowest BCUT2D eigenvalue weighted by Crippen LogP contribution is -2.42. The van der Waals surface area contributed by atoms with Gasteiger partial charge in [-0.1, -0.05) is 56.2 Å². The number of carbonyl (C=O) groups excluding carboxylic acids is 1. The quantitative estimate of drug-likeness (QED) is 0.421. The average molecular weight is 582 g/mol. The number of carbonyl (C=O) groups is 1. The van der Waals surface area contributed by atoms with E-state index in [1.54, 1.807) is 50.1 Å². The van der Waals surface area contributed by atoms with Gasteiger partial charge in [0.1, 0.15) is 11.6 Å². The molecule has 1 saturated carbocycles. The van der Waals surface area contributed by atoms with E-state index in [1.165, 1.54) is 43.4 Å². The van der Waals surface area contributed by atoms with Crippen LogP contribution in [0.2, 0.25) is 0 Å². The van der Waals surface area contributed by atoms with Gasteiger partial charge in [-0.25, -0.2) is 0 Å². The molecule has 1 aromatic heterocycles. The Balaban J connectivity index is 1.66. The molecule has 1 unspecified atom stereocenters. The van der Waals surface area contributed by atoms with Crippen molar-refractivity contribution in [2.75, 3.05) is 26.2 Å². The Kier molecular flexibility index (Phi) is 8.02. The molecule has 11 heteroatoms. The highest BCUT2D eigenvalue weighted by molar-refractivity contribution is 8.01. The predicted octanol–water partition coefficient (Wildman–Crippen LogP) is 5.93. The summed E-state index contributed by atoms with van der Waals surface area (Å²) in [5.41, 5.74) is 8.69. The molecule has 2 N–H and O–H groups in total. The van der Waals surface area contributed by atoms with Crippen LogP contribution in [0.1, 0.15) is 70.3 Å². The largest absolute Gasteiger partial charge is 0.496 e. The summed E-state index contributed by atoms with van der Waals surface area (Å²) in [6, 6.07) is 5.80. The maximum Gasteiger partial charge on any atom is 0.219 e. The molecule has 2 heterocycles. The van der Waals surface area contributed by atoms with E-state index < -0.39 is 5.92 Å². The molecular formula is C29H35N5O4S2. The van der Waals surface area contributed by atoms with Gasteiger partial charge in [-0.15, -0.1) is 10.2 Å². The molecule has 0 bridgehead atoms. The number of rotatable bonds is 7. The van der Waals surface area contributed by atoms with E-state index in [4.69, 9.17) is 19.9 Å². The number of nitrogens with two attached hydrogens (primary N) is 1. The first-order chi connectivity index (χ1) is 19.2. The highest BCUT2D eigenvalue weighted by Gasteiger charge is 2.46. The number of aromatic nitrogens is 2. The summed E-state index contributed by atoms with van der Waals surface area (Å²) in [5.74, 6) is 0.925. The minimum absolute atomic E-state index is 0.0281. The molecule has 9 nitrogen and oxygen atoms in total. The van der Waals surface area contributed by atoms with Crippen LogP contribution in [0, 0.1) is 16.7 Å². The minimum Gasteiger partial charge on any atom is -0.496 e. The number of methoxy groups -OCH3 is 3. The van der Waals surface area contributed by atoms with Gasteiger partial charge in [0.05, 0.1) is 38.9 Å². The summed E-state index contributed by atoms with van der Waals surface area (Å²) in [6.45, 7) is 4.14. The third-order valence-electron chi connectivity index (χ3n) is 7.83. The zero-order chi connectivity index (χ0) is 28.6. The van der Waals surface area contributed by atoms with Crippen LogP contribution in [0.4, 0.5) is 5.13 Å². The molecule has 2 aliphatic carbocycles. The maximum atomic E-state index is 13.9. The Hall–Kier alpha value is -3.23. The molecule has 2 aromatic rings. The van der Waals surface area contributed by atoms with E-state index in [1.807, 2.05) is 0 Å². The third kappa shape index (κ3) is 5.15. The monoisotopic (exact) mass is 581 g/mol. The van der Waals surface area contributed by atoms with Gasteiger partial charge in [0.15, 0.2) is 21.6 Å². The van der Waals surface area contributed by atoms with Gasteiger partial charge in [-0.2, -0.15) is 5.26 Å². The SMILES string of the molecule is COc1cc(OC)c(C2C(C#N)=C(N)N(c3nnc(SC4CCCCC4)s3)C3=C2C(=O)CC(C)(C)C3)cc1OC. The van der Waals surface area contributed by atoms with Gasteiger partial charge in [0.25, 0.3) is 0 Å². The van der Waals surface area contributed by atoms with Crippen molar-refractivity contribution in [2.45, 2.75) is 74.3 Å². The Morgan fingerprint density at radius 1 is 1.05 bits per heavy atom. The maximum absolute atomic E-state index is 13.9. The number of thioether (sulfide) groups is 1. The van der Waals surface area contributed by atoms with Crippen molar-refractivity contribution >= 4 is 34.0 Å². The Bertz CT molecular complexity index is 1420. The molecule has 5 rings (SSSR count). The molecular weight excluding hydrogens is 546 g/mol. The first kappa shape index (κ1) is 28.3. The zero-order valence-corrected chi connectivity index (χ0v) is 25.2. The lowest BCUT2D eigenvalue weighted by atomic mass is 9.68. The molecule has 1 aliphatic heterocycles. The molecule has 0 radical (unpaired) electrons.